The molecule has 124 valence electrons. The lowest BCUT2D eigenvalue weighted by atomic mass is 10.1. The van der Waals surface area contributed by atoms with Crippen LogP contribution in [0.1, 0.15) is 30.4 Å². The number of nitrogens with two attached hydrogens (primary N) is 1. The zero-order valence-corrected chi connectivity index (χ0v) is 14.4. The quantitative estimate of drug-likeness (QED) is 0.708. The number of hydrogen-bond donors (Lipinski definition) is 2. The third-order valence-corrected chi connectivity index (χ3v) is 4.82. The van der Waals surface area contributed by atoms with E-state index in [1.807, 2.05) is 39.0 Å². The van der Waals surface area contributed by atoms with Gasteiger partial charge in [-0.15, -0.1) is 11.3 Å². The van der Waals surface area contributed by atoms with Crippen LogP contribution in [0.5, 0.6) is 11.5 Å². The second-order valence-electron chi connectivity index (χ2n) is 6.79. The number of hydrogen-bond acceptors (Lipinski definition) is 6. The van der Waals surface area contributed by atoms with Crippen LogP contribution in [0.25, 0.3) is 21.1 Å². The molecule has 0 atom stereocenters. The van der Waals surface area contributed by atoms with Gasteiger partial charge in [0.15, 0.2) is 11.5 Å². The largest absolute Gasteiger partial charge is 0.454 e. The van der Waals surface area contributed by atoms with Gasteiger partial charge < -0.3 is 20.5 Å². The van der Waals surface area contributed by atoms with E-state index < -0.39 is 0 Å². The maximum absolute atomic E-state index is 12.5. The minimum atomic E-state index is -0.326. The summed E-state index contributed by atoms with van der Waals surface area (Å²) in [5, 5.41) is 4.62. The fourth-order valence-corrected chi connectivity index (χ4v) is 3.64. The van der Waals surface area contributed by atoms with Crippen LogP contribution in [0.2, 0.25) is 0 Å². The highest BCUT2D eigenvalue weighted by molar-refractivity contribution is 7.21. The molecule has 2 aromatic heterocycles. The molecule has 3 heterocycles. The second-order valence-corrected chi connectivity index (χ2v) is 7.79. The van der Waals surface area contributed by atoms with Crippen LogP contribution in [-0.2, 0) is 0 Å². The zero-order valence-electron chi connectivity index (χ0n) is 13.6. The number of carbonyl (C=O) groups excluding carboxylic acids is 1. The molecule has 0 saturated carbocycles. The molecule has 0 saturated heterocycles. The normalized spacial score (nSPS) is 13.6. The molecule has 0 aliphatic carbocycles. The topological polar surface area (TPSA) is 86.5 Å². The van der Waals surface area contributed by atoms with Gasteiger partial charge in [-0.2, -0.15) is 0 Å². The standard InChI is InChI=1S/C17H17N3O3S/c1-17(2,3)20-15(21)14-13(18)9-4-8-5-11-12(23-7-22-11)6-10(8)19-16(9)24-14/h4-6H,7,18H2,1-3H3,(H,20,21). The Balaban J connectivity index is 1.86. The number of amides is 1. The van der Waals surface area contributed by atoms with Gasteiger partial charge in [-0.3, -0.25) is 4.79 Å². The van der Waals surface area contributed by atoms with Gasteiger partial charge in [0.05, 0.1) is 11.2 Å². The van der Waals surface area contributed by atoms with Crippen LogP contribution in [-0.4, -0.2) is 23.2 Å². The third kappa shape index (κ3) is 2.41. The van der Waals surface area contributed by atoms with Gasteiger partial charge in [0.1, 0.15) is 9.71 Å². The fraction of sp³-hybridized carbons (Fsp3) is 0.294. The van der Waals surface area contributed by atoms with Gasteiger partial charge in [-0.05, 0) is 32.9 Å². The Bertz CT molecular complexity index is 988. The number of nitrogens with one attached hydrogen (secondary N) is 1. The van der Waals surface area contributed by atoms with Gasteiger partial charge in [0.25, 0.3) is 5.91 Å². The molecule has 0 spiro atoms. The van der Waals surface area contributed by atoms with Crippen molar-refractivity contribution < 1.29 is 14.3 Å². The van der Waals surface area contributed by atoms with E-state index in [4.69, 9.17) is 15.2 Å². The maximum Gasteiger partial charge on any atom is 0.263 e. The molecular weight excluding hydrogens is 326 g/mol. The van der Waals surface area contributed by atoms with Gasteiger partial charge >= 0.3 is 0 Å². The first-order chi connectivity index (χ1) is 11.3. The number of aromatic nitrogens is 1. The molecule has 7 heteroatoms. The van der Waals surface area contributed by atoms with E-state index in [0.29, 0.717) is 22.1 Å². The van der Waals surface area contributed by atoms with Crippen molar-refractivity contribution in [3.05, 3.63) is 23.1 Å². The molecule has 6 nitrogen and oxygen atoms in total. The van der Waals surface area contributed by atoms with Crippen LogP contribution in [0.4, 0.5) is 5.69 Å². The predicted molar refractivity (Wildman–Crippen MR) is 94.9 cm³/mol. The highest BCUT2D eigenvalue weighted by Crippen LogP contribution is 2.39. The van der Waals surface area contributed by atoms with Crippen LogP contribution in [0, 0.1) is 0 Å². The third-order valence-electron chi connectivity index (χ3n) is 3.70. The Morgan fingerprint density at radius 3 is 2.67 bits per heavy atom. The van der Waals surface area contributed by atoms with Crippen LogP contribution >= 0.6 is 11.3 Å². The molecule has 0 radical (unpaired) electrons. The van der Waals surface area contributed by atoms with Crippen LogP contribution < -0.4 is 20.5 Å². The van der Waals surface area contributed by atoms with Crippen molar-refractivity contribution in [2.45, 2.75) is 26.3 Å². The summed E-state index contributed by atoms with van der Waals surface area (Å²) in [6.07, 6.45) is 0. The van der Waals surface area contributed by atoms with Crippen molar-refractivity contribution in [1.29, 1.82) is 0 Å². The number of pyridine rings is 1. The minimum absolute atomic E-state index is 0.179. The Morgan fingerprint density at radius 1 is 1.25 bits per heavy atom. The number of carbonyl (C=O) groups is 1. The zero-order chi connectivity index (χ0) is 17.1. The molecule has 24 heavy (non-hydrogen) atoms. The van der Waals surface area contributed by atoms with Gasteiger partial charge in [0.2, 0.25) is 6.79 Å². The average molecular weight is 343 g/mol. The number of nitrogens with zero attached hydrogens (tertiary/aromatic N) is 1. The lowest BCUT2D eigenvalue weighted by Crippen LogP contribution is -2.40. The summed E-state index contributed by atoms with van der Waals surface area (Å²) in [6.45, 7) is 6.02. The highest BCUT2D eigenvalue weighted by atomic mass is 32.1. The van der Waals surface area contributed by atoms with E-state index in [1.54, 1.807) is 0 Å². The number of anilines is 1. The monoisotopic (exact) mass is 343 g/mol. The van der Waals surface area contributed by atoms with Crippen molar-refractivity contribution >= 4 is 44.1 Å². The summed E-state index contributed by atoms with van der Waals surface area (Å²) in [4.78, 5) is 18.3. The van der Waals surface area contributed by atoms with Crippen LogP contribution in [0.15, 0.2) is 18.2 Å². The van der Waals surface area contributed by atoms with Gasteiger partial charge in [0, 0.05) is 22.4 Å². The van der Waals surface area contributed by atoms with E-state index in [1.165, 1.54) is 11.3 Å². The van der Waals surface area contributed by atoms with Crippen molar-refractivity contribution in [3.63, 3.8) is 0 Å². The van der Waals surface area contributed by atoms with E-state index >= 15 is 0 Å². The molecular formula is C17H17N3O3S. The van der Waals surface area contributed by atoms with Crippen molar-refractivity contribution in [1.82, 2.24) is 10.3 Å². The lowest BCUT2D eigenvalue weighted by molar-refractivity contribution is 0.0924. The van der Waals surface area contributed by atoms with E-state index in [2.05, 4.69) is 10.3 Å². The lowest BCUT2D eigenvalue weighted by Gasteiger charge is -2.19. The fourth-order valence-electron chi connectivity index (χ4n) is 2.66. The summed E-state index contributed by atoms with van der Waals surface area (Å²) in [5.41, 5.74) is 7.14. The van der Waals surface area contributed by atoms with Crippen LogP contribution in [0.3, 0.4) is 0 Å². The van der Waals surface area contributed by atoms with Gasteiger partial charge in [-0.25, -0.2) is 4.98 Å². The number of ether oxygens (including phenoxy) is 2. The molecule has 3 aromatic rings. The summed E-state index contributed by atoms with van der Waals surface area (Å²) in [5.74, 6) is 1.20. The summed E-state index contributed by atoms with van der Waals surface area (Å²) in [6, 6.07) is 5.68. The Kier molecular flexibility index (Phi) is 3.11. The molecule has 4 rings (SSSR count). The van der Waals surface area contributed by atoms with Crippen molar-refractivity contribution in [2.24, 2.45) is 0 Å². The first kappa shape index (κ1) is 15.0. The number of fused-ring (bicyclic) bond motifs is 3. The molecule has 0 fully saturated rings. The molecule has 1 aliphatic rings. The Morgan fingerprint density at radius 2 is 1.96 bits per heavy atom. The van der Waals surface area contributed by atoms with Crippen molar-refractivity contribution in [2.75, 3.05) is 12.5 Å². The van der Waals surface area contributed by atoms with Gasteiger partial charge in [-0.1, -0.05) is 0 Å². The number of nitrogen functional groups attached to an aromatic ring is 1. The number of rotatable bonds is 1. The maximum atomic E-state index is 12.5. The van der Waals surface area contributed by atoms with Crippen molar-refractivity contribution in [3.8, 4) is 11.5 Å². The predicted octanol–water partition coefficient (Wildman–Crippen LogP) is 3.29. The second kappa shape index (κ2) is 4.98. The SMILES string of the molecule is CC(C)(C)NC(=O)c1sc2nc3cc4c(cc3cc2c1N)OCO4. The highest BCUT2D eigenvalue weighted by Gasteiger charge is 2.22. The average Bonchev–Trinajstić information content (AvgIpc) is 3.05. The molecule has 0 bridgehead atoms. The van der Waals surface area contributed by atoms with E-state index in [9.17, 15) is 4.79 Å². The summed E-state index contributed by atoms with van der Waals surface area (Å²) in [7, 11) is 0. The smallest absolute Gasteiger partial charge is 0.263 e. The Hall–Kier alpha value is -2.54. The molecule has 1 aliphatic heterocycles. The summed E-state index contributed by atoms with van der Waals surface area (Å²) >= 11 is 1.30. The molecule has 1 amide bonds. The molecule has 3 N–H and O–H groups in total. The first-order valence-electron chi connectivity index (χ1n) is 7.57. The molecule has 0 unspecified atom stereocenters. The van der Waals surface area contributed by atoms with E-state index in [0.717, 1.165) is 21.1 Å². The first-order valence-corrected chi connectivity index (χ1v) is 8.38. The minimum Gasteiger partial charge on any atom is -0.454 e. The summed E-state index contributed by atoms with van der Waals surface area (Å²) < 4.78 is 10.8. The van der Waals surface area contributed by atoms with E-state index in [-0.39, 0.29) is 18.2 Å². The Labute approximate surface area is 142 Å². The number of thiophene rings is 1. The number of benzene rings is 1. The molecule has 1 aromatic carbocycles.